The number of hydrogen-bond donors (Lipinski definition) is 1. The first kappa shape index (κ1) is 11.6. The molecule has 1 aromatic carbocycles. The van der Waals surface area contributed by atoms with E-state index >= 15 is 0 Å². The Kier molecular flexibility index (Phi) is 2.67. The van der Waals surface area contributed by atoms with Gasteiger partial charge in [0.2, 0.25) is 6.79 Å². The van der Waals surface area contributed by atoms with Crippen molar-refractivity contribution in [2.24, 2.45) is 0 Å². The van der Waals surface area contributed by atoms with Crippen LogP contribution in [0.3, 0.4) is 0 Å². The van der Waals surface area contributed by atoms with Crippen molar-refractivity contribution < 1.29 is 23.8 Å². The molecule has 1 aliphatic rings. The predicted octanol–water partition coefficient (Wildman–Crippen LogP) is 2.94. The molecule has 0 atom stereocenters. The van der Waals surface area contributed by atoms with Crippen LogP contribution in [-0.4, -0.2) is 17.9 Å². The summed E-state index contributed by atoms with van der Waals surface area (Å²) < 4.78 is 15.9. The number of aryl methyl sites for hydroxylation is 1. The van der Waals surface area contributed by atoms with Crippen LogP contribution in [0.15, 0.2) is 28.9 Å². The molecule has 0 radical (unpaired) electrons. The zero-order valence-corrected chi connectivity index (χ0v) is 10.3. The Bertz CT molecular complexity index is 641. The summed E-state index contributed by atoms with van der Waals surface area (Å²) in [5.74, 6) is 0.618. The molecule has 0 spiro atoms. The fraction of sp³-hybridized carbons (Fsp3) is 0.214. The molecule has 3 rings (SSSR count). The lowest BCUT2D eigenvalue weighted by Crippen LogP contribution is -2.00. The van der Waals surface area contributed by atoms with Crippen molar-refractivity contribution >= 4 is 5.97 Å². The summed E-state index contributed by atoms with van der Waals surface area (Å²) in [4.78, 5) is 11.4. The van der Waals surface area contributed by atoms with Gasteiger partial charge in [-0.25, -0.2) is 4.79 Å². The molecule has 0 unspecified atom stereocenters. The maximum Gasteiger partial charge on any atom is 0.339 e. The lowest BCUT2D eigenvalue weighted by atomic mass is 10.0. The molecule has 0 saturated carbocycles. The topological polar surface area (TPSA) is 68.9 Å². The highest BCUT2D eigenvalue weighted by Crippen LogP contribution is 2.37. The summed E-state index contributed by atoms with van der Waals surface area (Å²) in [5, 5.41) is 9.31. The van der Waals surface area contributed by atoms with Gasteiger partial charge in [0, 0.05) is 11.1 Å². The summed E-state index contributed by atoms with van der Waals surface area (Å²) >= 11 is 0. The highest BCUT2D eigenvalue weighted by atomic mass is 16.7. The first-order valence-electron chi connectivity index (χ1n) is 5.94. The Morgan fingerprint density at radius 2 is 2.11 bits per heavy atom. The number of carboxylic acids is 1. The Morgan fingerprint density at radius 1 is 1.32 bits per heavy atom. The first-order valence-corrected chi connectivity index (χ1v) is 5.94. The van der Waals surface area contributed by atoms with Crippen LogP contribution in [0.4, 0.5) is 0 Å². The fourth-order valence-electron chi connectivity index (χ4n) is 2.14. The standard InChI is InChI=1S/C14H12O5/c1-2-8-6-17-13(12(8)14(15)16)9-3-4-10-11(5-9)19-7-18-10/h3-6H,2,7H2,1H3,(H,15,16). The van der Waals surface area contributed by atoms with Crippen molar-refractivity contribution in [1.82, 2.24) is 0 Å². The van der Waals surface area contributed by atoms with Gasteiger partial charge in [0.25, 0.3) is 0 Å². The van der Waals surface area contributed by atoms with Gasteiger partial charge in [-0.1, -0.05) is 6.92 Å². The third kappa shape index (κ3) is 1.83. The number of ether oxygens (including phenoxy) is 2. The van der Waals surface area contributed by atoms with E-state index in [2.05, 4.69) is 0 Å². The number of aromatic carboxylic acids is 1. The minimum atomic E-state index is -0.988. The van der Waals surface area contributed by atoms with Gasteiger partial charge in [-0.15, -0.1) is 0 Å². The van der Waals surface area contributed by atoms with Crippen molar-refractivity contribution in [1.29, 1.82) is 0 Å². The number of furan rings is 1. The van der Waals surface area contributed by atoms with E-state index in [0.717, 1.165) is 0 Å². The molecule has 0 saturated heterocycles. The predicted molar refractivity (Wildman–Crippen MR) is 66.6 cm³/mol. The molecule has 1 aliphatic heterocycles. The molecule has 0 bridgehead atoms. The normalized spacial score (nSPS) is 12.7. The van der Waals surface area contributed by atoms with Crippen molar-refractivity contribution in [2.75, 3.05) is 6.79 Å². The van der Waals surface area contributed by atoms with Crippen LogP contribution in [0.25, 0.3) is 11.3 Å². The second kappa shape index (κ2) is 4.35. The van der Waals surface area contributed by atoms with Gasteiger partial charge in [0.15, 0.2) is 11.5 Å². The van der Waals surface area contributed by atoms with E-state index in [0.29, 0.717) is 34.8 Å². The molecule has 98 valence electrons. The molecule has 1 N–H and O–H groups in total. The lowest BCUT2D eigenvalue weighted by Gasteiger charge is -2.02. The number of carboxylic acid groups (broad SMARTS) is 1. The molecule has 5 nitrogen and oxygen atoms in total. The third-order valence-electron chi connectivity index (χ3n) is 3.10. The van der Waals surface area contributed by atoms with E-state index in [1.807, 2.05) is 6.92 Å². The molecule has 2 heterocycles. The third-order valence-corrected chi connectivity index (χ3v) is 3.10. The van der Waals surface area contributed by atoms with Gasteiger partial charge in [-0.05, 0) is 24.6 Å². The first-order chi connectivity index (χ1) is 9.20. The summed E-state index contributed by atoms with van der Waals surface area (Å²) in [6.45, 7) is 2.07. The molecule has 2 aromatic rings. The minimum Gasteiger partial charge on any atom is -0.478 e. The molecular formula is C14H12O5. The van der Waals surface area contributed by atoms with E-state index in [9.17, 15) is 9.90 Å². The smallest absolute Gasteiger partial charge is 0.339 e. The van der Waals surface area contributed by atoms with Gasteiger partial charge in [-0.3, -0.25) is 0 Å². The molecule has 0 aliphatic carbocycles. The second-order valence-corrected chi connectivity index (χ2v) is 4.19. The summed E-state index contributed by atoms with van der Waals surface area (Å²) in [5.41, 5.74) is 1.56. The Balaban J connectivity index is 2.12. The fourth-order valence-corrected chi connectivity index (χ4v) is 2.14. The van der Waals surface area contributed by atoms with Crippen LogP contribution in [0.5, 0.6) is 11.5 Å². The monoisotopic (exact) mass is 260 g/mol. The van der Waals surface area contributed by atoms with E-state index in [1.165, 1.54) is 6.26 Å². The number of hydrogen-bond acceptors (Lipinski definition) is 4. The number of benzene rings is 1. The highest BCUT2D eigenvalue weighted by Gasteiger charge is 2.22. The van der Waals surface area contributed by atoms with E-state index in [1.54, 1.807) is 18.2 Å². The van der Waals surface area contributed by atoms with Gasteiger partial charge in [-0.2, -0.15) is 0 Å². The molecule has 1 aromatic heterocycles. The quantitative estimate of drug-likeness (QED) is 0.918. The second-order valence-electron chi connectivity index (χ2n) is 4.19. The van der Waals surface area contributed by atoms with Crippen molar-refractivity contribution in [2.45, 2.75) is 13.3 Å². The van der Waals surface area contributed by atoms with Gasteiger partial charge < -0.3 is 19.0 Å². The minimum absolute atomic E-state index is 0.183. The maximum absolute atomic E-state index is 11.4. The van der Waals surface area contributed by atoms with Gasteiger partial charge >= 0.3 is 5.97 Å². The molecule has 19 heavy (non-hydrogen) atoms. The molecule has 5 heteroatoms. The zero-order chi connectivity index (χ0) is 13.4. The number of rotatable bonds is 3. The summed E-state index contributed by atoms with van der Waals surface area (Å²) in [6, 6.07) is 5.24. The van der Waals surface area contributed by atoms with Crippen molar-refractivity contribution in [3.8, 4) is 22.8 Å². The Hall–Kier alpha value is -2.43. The van der Waals surface area contributed by atoms with E-state index in [4.69, 9.17) is 13.9 Å². The average molecular weight is 260 g/mol. The van der Waals surface area contributed by atoms with Crippen molar-refractivity contribution in [3.05, 3.63) is 35.6 Å². The Morgan fingerprint density at radius 3 is 2.84 bits per heavy atom. The van der Waals surface area contributed by atoms with E-state index in [-0.39, 0.29) is 12.4 Å². The zero-order valence-electron chi connectivity index (χ0n) is 10.3. The van der Waals surface area contributed by atoms with Crippen LogP contribution in [0.2, 0.25) is 0 Å². The van der Waals surface area contributed by atoms with Gasteiger partial charge in [0.05, 0.1) is 6.26 Å². The summed E-state index contributed by atoms with van der Waals surface area (Å²) in [6.07, 6.45) is 2.10. The average Bonchev–Trinajstić information content (AvgIpc) is 3.03. The Labute approximate surface area is 109 Å². The number of fused-ring (bicyclic) bond motifs is 1. The van der Waals surface area contributed by atoms with E-state index < -0.39 is 5.97 Å². The summed E-state index contributed by atoms with van der Waals surface area (Å²) in [7, 11) is 0. The van der Waals surface area contributed by atoms with Crippen LogP contribution in [-0.2, 0) is 6.42 Å². The van der Waals surface area contributed by atoms with Crippen LogP contribution in [0.1, 0.15) is 22.8 Å². The largest absolute Gasteiger partial charge is 0.478 e. The molecular weight excluding hydrogens is 248 g/mol. The van der Waals surface area contributed by atoms with Crippen LogP contribution in [0, 0.1) is 0 Å². The molecule has 0 fully saturated rings. The lowest BCUT2D eigenvalue weighted by molar-refractivity contribution is 0.0696. The van der Waals surface area contributed by atoms with Crippen LogP contribution >= 0.6 is 0 Å². The SMILES string of the molecule is CCc1coc(-c2ccc3c(c2)OCO3)c1C(=O)O. The van der Waals surface area contributed by atoms with Crippen LogP contribution < -0.4 is 9.47 Å². The number of carbonyl (C=O) groups is 1. The molecule has 0 amide bonds. The van der Waals surface area contributed by atoms with Gasteiger partial charge in [0.1, 0.15) is 11.3 Å². The van der Waals surface area contributed by atoms with Crippen molar-refractivity contribution in [3.63, 3.8) is 0 Å². The maximum atomic E-state index is 11.4. The highest BCUT2D eigenvalue weighted by molar-refractivity contribution is 5.96.